The lowest BCUT2D eigenvalue weighted by atomic mass is 9.79. The third-order valence-corrected chi connectivity index (χ3v) is 4.91. The van der Waals surface area contributed by atoms with Crippen molar-refractivity contribution in [1.29, 1.82) is 0 Å². The first kappa shape index (κ1) is 13.8. The smallest absolute Gasteiger partial charge is 0.146 e. The summed E-state index contributed by atoms with van der Waals surface area (Å²) >= 11 is 0. The quantitative estimate of drug-likeness (QED) is 0.914. The van der Waals surface area contributed by atoms with Crippen molar-refractivity contribution in [3.05, 3.63) is 30.1 Å². The Balaban J connectivity index is 1.60. The van der Waals surface area contributed by atoms with E-state index in [0.717, 1.165) is 44.3 Å². The van der Waals surface area contributed by atoms with Crippen molar-refractivity contribution in [1.82, 2.24) is 4.90 Å². The number of piperazine rings is 1. The van der Waals surface area contributed by atoms with Gasteiger partial charge in [0.25, 0.3) is 0 Å². The lowest BCUT2D eigenvalue weighted by molar-refractivity contribution is 0.0949. The van der Waals surface area contributed by atoms with Crippen LogP contribution >= 0.6 is 0 Å². The molecule has 1 saturated carbocycles. The van der Waals surface area contributed by atoms with Gasteiger partial charge in [0.15, 0.2) is 0 Å². The van der Waals surface area contributed by atoms with Crippen molar-refractivity contribution < 1.29 is 4.39 Å². The molecule has 1 aliphatic heterocycles. The molecule has 2 fully saturated rings. The van der Waals surface area contributed by atoms with Gasteiger partial charge in [0.05, 0.1) is 5.69 Å². The molecular formula is C16H24FN3. The number of benzene rings is 1. The van der Waals surface area contributed by atoms with Gasteiger partial charge in [-0.15, -0.1) is 0 Å². The van der Waals surface area contributed by atoms with Crippen LogP contribution in [-0.4, -0.2) is 43.7 Å². The fourth-order valence-corrected chi connectivity index (χ4v) is 3.47. The number of hydrogen-bond donors (Lipinski definition) is 1. The maximum absolute atomic E-state index is 13.8. The van der Waals surface area contributed by atoms with Crippen molar-refractivity contribution >= 4 is 5.69 Å². The number of hydrogen-bond acceptors (Lipinski definition) is 3. The highest BCUT2D eigenvalue weighted by molar-refractivity contribution is 5.48. The SMILES string of the molecule is NCC(C1CCC1)N1CCN(c2ccccc2F)CC1. The average Bonchev–Trinajstić information content (AvgIpc) is 2.43. The molecule has 1 heterocycles. The van der Waals surface area contributed by atoms with E-state index < -0.39 is 0 Å². The molecule has 20 heavy (non-hydrogen) atoms. The topological polar surface area (TPSA) is 32.5 Å². The first-order valence-electron chi connectivity index (χ1n) is 7.73. The average molecular weight is 277 g/mol. The zero-order chi connectivity index (χ0) is 13.9. The van der Waals surface area contributed by atoms with Crippen LogP contribution in [0.1, 0.15) is 19.3 Å². The Morgan fingerprint density at radius 3 is 2.40 bits per heavy atom. The zero-order valence-electron chi connectivity index (χ0n) is 12.0. The van der Waals surface area contributed by atoms with Gasteiger partial charge in [0.1, 0.15) is 5.82 Å². The Bertz CT molecular complexity index is 439. The Morgan fingerprint density at radius 1 is 1.15 bits per heavy atom. The second kappa shape index (κ2) is 6.10. The van der Waals surface area contributed by atoms with Gasteiger partial charge >= 0.3 is 0 Å². The van der Waals surface area contributed by atoms with Crippen LogP contribution in [0.5, 0.6) is 0 Å². The molecule has 1 atom stereocenters. The van der Waals surface area contributed by atoms with E-state index >= 15 is 0 Å². The van der Waals surface area contributed by atoms with Crippen molar-refractivity contribution in [2.45, 2.75) is 25.3 Å². The maximum atomic E-state index is 13.8. The third-order valence-electron chi connectivity index (χ3n) is 4.91. The van der Waals surface area contributed by atoms with Gasteiger partial charge in [0, 0.05) is 38.8 Å². The van der Waals surface area contributed by atoms with Gasteiger partial charge in [-0.25, -0.2) is 4.39 Å². The molecule has 2 N–H and O–H groups in total. The van der Waals surface area contributed by atoms with Gasteiger partial charge in [-0.05, 0) is 30.9 Å². The summed E-state index contributed by atoms with van der Waals surface area (Å²) in [5, 5.41) is 0. The van der Waals surface area contributed by atoms with Gasteiger partial charge < -0.3 is 10.6 Å². The van der Waals surface area contributed by atoms with Crippen LogP contribution < -0.4 is 10.6 Å². The van der Waals surface area contributed by atoms with Crippen LogP contribution in [0.15, 0.2) is 24.3 Å². The monoisotopic (exact) mass is 277 g/mol. The third kappa shape index (κ3) is 2.67. The van der Waals surface area contributed by atoms with E-state index in [1.807, 2.05) is 12.1 Å². The summed E-state index contributed by atoms with van der Waals surface area (Å²) in [6.45, 7) is 4.53. The molecule has 110 valence electrons. The minimum Gasteiger partial charge on any atom is -0.367 e. The van der Waals surface area contributed by atoms with Crippen LogP contribution in [0.2, 0.25) is 0 Å². The minimum atomic E-state index is -0.115. The van der Waals surface area contributed by atoms with Crippen LogP contribution in [0, 0.1) is 11.7 Å². The van der Waals surface area contributed by atoms with E-state index in [9.17, 15) is 4.39 Å². The predicted molar refractivity (Wildman–Crippen MR) is 80.4 cm³/mol. The number of nitrogens with zero attached hydrogens (tertiary/aromatic N) is 2. The van der Waals surface area contributed by atoms with E-state index in [4.69, 9.17) is 5.73 Å². The van der Waals surface area contributed by atoms with Gasteiger partial charge in [-0.3, -0.25) is 4.90 Å². The number of nitrogens with two attached hydrogens (primary N) is 1. The van der Waals surface area contributed by atoms with Crippen LogP contribution in [0.25, 0.3) is 0 Å². The molecular weight excluding hydrogens is 253 g/mol. The molecule has 0 bridgehead atoms. The van der Waals surface area contributed by atoms with E-state index in [1.165, 1.54) is 19.3 Å². The highest BCUT2D eigenvalue weighted by atomic mass is 19.1. The Labute approximate surface area is 120 Å². The van der Waals surface area contributed by atoms with Crippen LogP contribution in [0.4, 0.5) is 10.1 Å². The highest BCUT2D eigenvalue weighted by Crippen LogP contribution is 2.32. The second-order valence-corrected chi connectivity index (χ2v) is 5.97. The lowest BCUT2D eigenvalue weighted by Gasteiger charge is -2.45. The molecule has 1 aromatic carbocycles. The Kier molecular flexibility index (Phi) is 4.22. The molecule has 0 amide bonds. The maximum Gasteiger partial charge on any atom is 0.146 e. The molecule has 2 aliphatic rings. The summed E-state index contributed by atoms with van der Waals surface area (Å²) < 4.78 is 13.8. The number of para-hydroxylation sites is 1. The minimum absolute atomic E-state index is 0.115. The van der Waals surface area contributed by atoms with Crippen molar-refractivity contribution in [3.63, 3.8) is 0 Å². The van der Waals surface area contributed by atoms with E-state index in [-0.39, 0.29) is 5.82 Å². The Morgan fingerprint density at radius 2 is 1.85 bits per heavy atom. The van der Waals surface area contributed by atoms with Crippen LogP contribution in [0.3, 0.4) is 0 Å². The summed E-state index contributed by atoms with van der Waals surface area (Å²) in [4.78, 5) is 4.67. The van der Waals surface area contributed by atoms with Crippen molar-refractivity contribution in [2.75, 3.05) is 37.6 Å². The van der Waals surface area contributed by atoms with Crippen LogP contribution in [-0.2, 0) is 0 Å². The van der Waals surface area contributed by atoms with E-state index in [0.29, 0.717) is 6.04 Å². The number of anilines is 1. The summed E-state index contributed by atoms with van der Waals surface area (Å²) in [6.07, 6.45) is 4.02. The molecule has 3 nitrogen and oxygen atoms in total. The fourth-order valence-electron chi connectivity index (χ4n) is 3.47. The molecule has 0 spiro atoms. The Hall–Kier alpha value is -1.13. The predicted octanol–water partition coefficient (Wildman–Crippen LogP) is 2.08. The molecule has 1 aliphatic carbocycles. The highest BCUT2D eigenvalue weighted by Gasteiger charge is 2.32. The molecule has 4 heteroatoms. The van der Waals surface area contributed by atoms with E-state index in [1.54, 1.807) is 12.1 Å². The molecule has 0 aromatic heterocycles. The lowest BCUT2D eigenvalue weighted by Crippen LogP contribution is -2.55. The number of rotatable bonds is 4. The summed E-state index contributed by atoms with van der Waals surface area (Å²) in [5.41, 5.74) is 6.70. The molecule has 1 aromatic rings. The summed E-state index contributed by atoms with van der Waals surface area (Å²) in [5.74, 6) is 0.676. The second-order valence-electron chi connectivity index (χ2n) is 5.97. The first-order chi connectivity index (χ1) is 9.79. The van der Waals surface area contributed by atoms with Crippen molar-refractivity contribution in [3.8, 4) is 0 Å². The number of halogens is 1. The van der Waals surface area contributed by atoms with Gasteiger partial charge in [-0.2, -0.15) is 0 Å². The molecule has 3 rings (SSSR count). The van der Waals surface area contributed by atoms with Gasteiger partial charge in [0.2, 0.25) is 0 Å². The standard InChI is InChI=1S/C16H24FN3/c17-14-6-1-2-7-15(14)19-8-10-20(11-9-19)16(12-18)13-4-3-5-13/h1-2,6-7,13,16H,3-5,8-12,18H2. The first-order valence-corrected chi connectivity index (χ1v) is 7.73. The molecule has 1 unspecified atom stereocenters. The van der Waals surface area contributed by atoms with E-state index in [2.05, 4.69) is 9.80 Å². The zero-order valence-corrected chi connectivity index (χ0v) is 12.0. The fraction of sp³-hybridized carbons (Fsp3) is 0.625. The summed E-state index contributed by atoms with van der Waals surface area (Å²) in [6, 6.07) is 7.60. The molecule has 1 saturated heterocycles. The van der Waals surface area contributed by atoms with Gasteiger partial charge in [-0.1, -0.05) is 18.6 Å². The summed E-state index contributed by atoms with van der Waals surface area (Å²) in [7, 11) is 0. The van der Waals surface area contributed by atoms with Crippen molar-refractivity contribution in [2.24, 2.45) is 11.7 Å². The largest absolute Gasteiger partial charge is 0.367 e. The molecule has 0 radical (unpaired) electrons. The normalized spacial score (nSPS) is 22.6.